The second-order valence-electron chi connectivity index (χ2n) is 8.49. The molecule has 1 fully saturated rings. The van der Waals surface area contributed by atoms with Crippen LogP contribution in [0.3, 0.4) is 0 Å². The van der Waals surface area contributed by atoms with Crippen molar-refractivity contribution < 1.29 is 9.47 Å². The Morgan fingerprint density at radius 2 is 1.68 bits per heavy atom. The Morgan fingerprint density at radius 1 is 0.971 bits per heavy atom. The number of nitrogens with zero attached hydrogens (tertiary/aromatic N) is 5. The van der Waals surface area contributed by atoms with E-state index in [4.69, 9.17) is 14.5 Å². The summed E-state index contributed by atoms with van der Waals surface area (Å²) < 4.78 is 12.5. The van der Waals surface area contributed by atoms with Gasteiger partial charge in [-0.1, -0.05) is 12.1 Å². The van der Waals surface area contributed by atoms with Crippen LogP contribution in [0.5, 0.6) is 11.5 Å². The molecule has 0 spiro atoms. The first kappa shape index (κ1) is 22.0. The molecule has 2 aromatic heterocycles. The summed E-state index contributed by atoms with van der Waals surface area (Å²) in [7, 11) is 5.33. The van der Waals surface area contributed by atoms with E-state index in [9.17, 15) is 4.79 Å². The first-order chi connectivity index (χ1) is 16.6. The van der Waals surface area contributed by atoms with E-state index in [0.717, 1.165) is 54.2 Å². The maximum atomic E-state index is 13.6. The van der Waals surface area contributed by atoms with Crippen molar-refractivity contribution in [2.45, 2.75) is 6.54 Å². The summed E-state index contributed by atoms with van der Waals surface area (Å²) >= 11 is 0. The number of piperazine rings is 1. The number of aromatic nitrogens is 4. The number of likely N-dealkylation sites (N-methyl/N-ethyl adjacent to an activating group) is 1. The van der Waals surface area contributed by atoms with E-state index in [0.29, 0.717) is 23.9 Å². The highest BCUT2D eigenvalue weighted by Gasteiger charge is 2.21. The Hall–Kier alpha value is -3.85. The van der Waals surface area contributed by atoms with Crippen LogP contribution in [0.2, 0.25) is 0 Å². The van der Waals surface area contributed by atoms with Crippen LogP contribution in [0.15, 0.2) is 53.3 Å². The predicted molar refractivity (Wildman–Crippen MR) is 132 cm³/mol. The van der Waals surface area contributed by atoms with Crippen LogP contribution >= 0.6 is 0 Å². The molecular weight excluding hydrogens is 432 g/mol. The van der Waals surface area contributed by atoms with Crippen LogP contribution in [-0.4, -0.2) is 72.1 Å². The van der Waals surface area contributed by atoms with E-state index in [1.807, 2.05) is 48.5 Å². The number of para-hydroxylation sites is 2. The monoisotopic (exact) mass is 460 g/mol. The van der Waals surface area contributed by atoms with Crippen molar-refractivity contribution in [2.24, 2.45) is 0 Å². The quantitative estimate of drug-likeness (QED) is 0.473. The minimum absolute atomic E-state index is 0.0950. The molecule has 0 unspecified atom stereocenters. The van der Waals surface area contributed by atoms with Crippen LogP contribution in [0.25, 0.3) is 22.3 Å². The Balaban J connectivity index is 1.52. The van der Waals surface area contributed by atoms with E-state index < -0.39 is 0 Å². The van der Waals surface area contributed by atoms with Crippen molar-refractivity contribution in [3.63, 3.8) is 0 Å². The Kier molecular flexibility index (Phi) is 5.93. The predicted octanol–water partition coefficient (Wildman–Crippen LogP) is 2.60. The van der Waals surface area contributed by atoms with Crippen molar-refractivity contribution in [3.8, 4) is 22.8 Å². The summed E-state index contributed by atoms with van der Waals surface area (Å²) in [5.74, 6) is 1.88. The van der Waals surface area contributed by atoms with Gasteiger partial charge in [0, 0.05) is 37.8 Å². The topological polar surface area (TPSA) is 88.5 Å². The number of benzene rings is 2. The Bertz CT molecular complexity index is 1350. The van der Waals surface area contributed by atoms with E-state index in [1.54, 1.807) is 18.8 Å². The summed E-state index contributed by atoms with van der Waals surface area (Å²) in [6.07, 6.45) is 0. The third-order valence-corrected chi connectivity index (χ3v) is 6.24. The molecule has 0 saturated carbocycles. The number of nitrogens with one attached hydrogen (secondary N) is 1. The van der Waals surface area contributed by atoms with Gasteiger partial charge in [-0.25, -0.2) is 4.98 Å². The molecule has 9 heteroatoms. The molecule has 4 aromatic rings. The fourth-order valence-electron chi connectivity index (χ4n) is 4.28. The highest BCUT2D eigenvalue weighted by Crippen LogP contribution is 2.29. The molecule has 0 amide bonds. The highest BCUT2D eigenvalue weighted by atomic mass is 16.5. The van der Waals surface area contributed by atoms with Gasteiger partial charge in [0.2, 0.25) is 0 Å². The zero-order valence-electron chi connectivity index (χ0n) is 19.6. The van der Waals surface area contributed by atoms with Crippen LogP contribution in [-0.2, 0) is 6.54 Å². The maximum Gasteiger partial charge on any atom is 0.294 e. The molecule has 9 nitrogen and oxygen atoms in total. The summed E-state index contributed by atoms with van der Waals surface area (Å²) in [6.45, 7) is 3.73. The third-order valence-electron chi connectivity index (χ3n) is 6.24. The third kappa shape index (κ3) is 4.22. The zero-order valence-corrected chi connectivity index (χ0v) is 19.6. The number of fused-ring (bicyclic) bond motifs is 1. The molecule has 1 aliphatic rings. The van der Waals surface area contributed by atoms with Crippen LogP contribution in [0.1, 0.15) is 5.69 Å². The Morgan fingerprint density at radius 3 is 2.38 bits per heavy atom. The standard InChI is InChI=1S/C25H28N6O3/c1-29-8-10-30(11-9-29)24-25(32)31(23-7-5-4-6-21(23)26-24)16-18-14-22(28-27-18)17-12-19(33-2)15-20(13-17)34-3/h4-7,12-15H,8-11,16H2,1-3H3,(H,27,28). The van der Waals surface area contributed by atoms with Gasteiger partial charge in [-0.2, -0.15) is 5.10 Å². The lowest BCUT2D eigenvalue weighted by Crippen LogP contribution is -2.47. The van der Waals surface area contributed by atoms with E-state index in [1.165, 1.54) is 0 Å². The number of anilines is 1. The van der Waals surface area contributed by atoms with Crippen molar-refractivity contribution >= 4 is 16.9 Å². The minimum Gasteiger partial charge on any atom is -0.497 e. The lowest BCUT2D eigenvalue weighted by atomic mass is 10.1. The second-order valence-corrected chi connectivity index (χ2v) is 8.49. The van der Waals surface area contributed by atoms with Gasteiger partial charge in [-0.05, 0) is 37.4 Å². The zero-order chi connectivity index (χ0) is 23.7. The molecule has 34 heavy (non-hydrogen) atoms. The van der Waals surface area contributed by atoms with E-state index >= 15 is 0 Å². The summed E-state index contributed by atoms with van der Waals surface area (Å²) in [4.78, 5) is 22.7. The van der Waals surface area contributed by atoms with Gasteiger partial charge in [0.15, 0.2) is 5.82 Å². The molecular formula is C25H28N6O3. The molecule has 0 radical (unpaired) electrons. The number of H-pyrrole nitrogens is 1. The normalized spacial score (nSPS) is 14.5. The van der Waals surface area contributed by atoms with E-state index in [2.05, 4.69) is 27.0 Å². The first-order valence-corrected chi connectivity index (χ1v) is 11.3. The molecule has 1 aliphatic heterocycles. The number of methoxy groups -OCH3 is 2. The van der Waals surface area contributed by atoms with Gasteiger partial charge in [-0.3, -0.25) is 14.5 Å². The largest absolute Gasteiger partial charge is 0.497 e. The van der Waals surface area contributed by atoms with E-state index in [-0.39, 0.29) is 5.56 Å². The molecule has 0 aliphatic carbocycles. The minimum atomic E-state index is -0.0950. The smallest absolute Gasteiger partial charge is 0.294 e. The molecule has 1 N–H and O–H groups in total. The van der Waals surface area contributed by atoms with Gasteiger partial charge in [-0.15, -0.1) is 0 Å². The van der Waals surface area contributed by atoms with Crippen molar-refractivity contribution in [1.82, 2.24) is 24.6 Å². The van der Waals surface area contributed by atoms with Crippen molar-refractivity contribution in [1.29, 1.82) is 0 Å². The Labute approximate surface area is 197 Å². The first-order valence-electron chi connectivity index (χ1n) is 11.3. The molecule has 0 atom stereocenters. The maximum absolute atomic E-state index is 13.6. The van der Waals surface area contributed by atoms with Gasteiger partial charge in [0.05, 0.1) is 43.2 Å². The van der Waals surface area contributed by atoms with Gasteiger partial charge < -0.3 is 19.3 Å². The van der Waals surface area contributed by atoms with Gasteiger partial charge in [0.25, 0.3) is 5.56 Å². The average Bonchev–Trinajstić information content (AvgIpc) is 3.34. The molecule has 5 rings (SSSR count). The molecule has 1 saturated heterocycles. The number of hydrogen-bond donors (Lipinski definition) is 1. The second kappa shape index (κ2) is 9.18. The van der Waals surface area contributed by atoms with Gasteiger partial charge in [0.1, 0.15) is 11.5 Å². The summed E-state index contributed by atoms with van der Waals surface area (Å²) in [5.41, 5.74) is 3.93. The highest BCUT2D eigenvalue weighted by molar-refractivity contribution is 5.76. The van der Waals surface area contributed by atoms with Crippen molar-refractivity contribution in [2.75, 3.05) is 52.3 Å². The number of hydrogen-bond acceptors (Lipinski definition) is 7. The van der Waals surface area contributed by atoms with Crippen LogP contribution in [0.4, 0.5) is 5.82 Å². The SMILES string of the molecule is COc1cc(OC)cc(-c2cc(Cn3c(=O)c(N4CCN(C)CC4)nc4ccccc43)[nH]n2)c1. The molecule has 0 bridgehead atoms. The van der Waals surface area contributed by atoms with Crippen LogP contribution in [0, 0.1) is 0 Å². The fraction of sp³-hybridized carbons (Fsp3) is 0.320. The molecule has 176 valence electrons. The molecule has 2 aromatic carbocycles. The number of rotatable bonds is 6. The number of aromatic amines is 1. The summed E-state index contributed by atoms with van der Waals surface area (Å²) in [5, 5.41) is 7.57. The fourth-order valence-corrected chi connectivity index (χ4v) is 4.28. The lowest BCUT2D eigenvalue weighted by molar-refractivity contribution is 0.311. The van der Waals surface area contributed by atoms with Gasteiger partial charge >= 0.3 is 0 Å². The van der Waals surface area contributed by atoms with Crippen molar-refractivity contribution in [3.05, 3.63) is 64.6 Å². The number of ether oxygens (including phenoxy) is 2. The summed E-state index contributed by atoms with van der Waals surface area (Å²) in [6, 6.07) is 15.3. The average molecular weight is 461 g/mol. The lowest BCUT2D eigenvalue weighted by Gasteiger charge is -2.33. The van der Waals surface area contributed by atoms with Crippen LogP contribution < -0.4 is 19.9 Å². The molecule has 3 heterocycles.